The van der Waals surface area contributed by atoms with E-state index in [-0.39, 0.29) is 11.8 Å². The molecule has 0 aromatic heterocycles. The number of hydrogen-bond donors (Lipinski definition) is 2. The first-order valence-electron chi connectivity index (χ1n) is 7.94. The molecule has 0 spiro atoms. The molecule has 26 heavy (non-hydrogen) atoms. The smallest absolute Gasteiger partial charge is 0.337 e. The first-order valence-corrected chi connectivity index (χ1v) is 7.94. The molecule has 2 aromatic rings. The molecule has 0 radical (unpaired) electrons. The number of carbonyl (C=O) groups excluding carboxylic acids is 3. The second kappa shape index (κ2) is 8.62. The number of carbonyl (C=O) groups is 3. The Morgan fingerprint density at radius 2 is 1.65 bits per heavy atom. The average molecular weight is 352 g/mol. The van der Waals surface area contributed by atoms with E-state index in [0.29, 0.717) is 16.8 Å². The highest BCUT2D eigenvalue weighted by atomic mass is 16.5. The molecule has 0 aliphatic heterocycles. The summed E-state index contributed by atoms with van der Waals surface area (Å²) in [5, 5.41) is 5.31. The predicted molar refractivity (Wildman–Crippen MR) is 100 cm³/mol. The molecule has 6 heteroatoms. The molecule has 0 atom stereocenters. The van der Waals surface area contributed by atoms with Gasteiger partial charge in [0.1, 0.15) is 0 Å². The van der Waals surface area contributed by atoms with Gasteiger partial charge >= 0.3 is 5.97 Å². The molecule has 0 bridgehead atoms. The summed E-state index contributed by atoms with van der Waals surface area (Å²) in [6.45, 7) is 1.79. The number of rotatable bonds is 5. The molecule has 0 saturated carbocycles. The van der Waals surface area contributed by atoms with E-state index < -0.39 is 5.97 Å². The zero-order chi connectivity index (χ0) is 19.1. The number of nitrogens with one attached hydrogen (secondary N) is 2. The van der Waals surface area contributed by atoms with E-state index in [1.807, 2.05) is 0 Å². The number of benzene rings is 2. The summed E-state index contributed by atoms with van der Waals surface area (Å²) in [5.74, 6) is -0.885. The van der Waals surface area contributed by atoms with E-state index in [9.17, 15) is 14.4 Å². The Morgan fingerprint density at radius 3 is 2.23 bits per heavy atom. The van der Waals surface area contributed by atoms with Crippen molar-refractivity contribution in [2.24, 2.45) is 0 Å². The number of hydrogen-bond acceptors (Lipinski definition) is 4. The van der Waals surface area contributed by atoms with E-state index in [4.69, 9.17) is 0 Å². The van der Waals surface area contributed by atoms with Crippen molar-refractivity contribution in [2.75, 3.05) is 19.5 Å². The molecular formula is C20H20N2O4. The minimum atomic E-state index is -0.425. The van der Waals surface area contributed by atoms with Crippen LogP contribution in [0.3, 0.4) is 0 Å². The molecule has 134 valence electrons. The molecular weight excluding hydrogens is 332 g/mol. The third-order valence-electron chi connectivity index (χ3n) is 3.73. The number of ether oxygens (including phenoxy) is 1. The Kier molecular flexibility index (Phi) is 6.27. The summed E-state index contributed by atoms with van der Waals surface area (Å²) in [6.07, 6.45) is 3.06. The standard InChI is InChI=1S/C20H20N2O4/c1-13-12-16(20(25)26-3)9-10-17(13)22-18(23)11-6-14-4-7-15(8-5-14)19(24)21-2/h4-12H,1-3H3,(H,21,24)(H,22,23)/b11-6+. The number of amides is 2. The van der Waals surface area contributed by atoms with Crippen molar-refractivity contribution in [2.45, 2.75) is 6.92 Å². The van der Waals surface area contributed by atoms with Crippen LogP contribution in [0, 0.1) is 6.92 Å². The molecule has 0 unspecified atom stereocenters. The van der Waals surface area contributed by atoms with Crippen LogP contribution >= 0.6 is 0 Å². The van der Waals surface area contributed by atoms with Crippen LogP contribution in [0.1, 0.15) is 31.8 Å². The van der Waals surface area contributed by atoms with Crippen molar-refractivity contribution < 1.29 is 19.1 Å². The molecule has 0 saturated heterocycles. The number of esters is 1. The minimum Gasteiger partial charge on any atom is -0.465 e. The fraction of sp³-hybridized carbons (Fsp3) is 0.150. The quantitative estimate of drug-likeness (QED) is 0.640. The summed E-state index contributed by atoms with van der Waals surface area (Å²) in [4.78, 5) is 35.1. The predicted octanol–water partition coefficient (Wildman–Crippen LogP) is 2.79. The lowest BCUT2D eigenvalue weighted by molar-refractivity contribution is -0.111. The fourth-order valence-electron chi connectivity index (χ4n) is 2.28. The molecule has 0 aliphatic carbocycles. The third-order valence-corrected chi connectivity index (χ3v) is 3.73. The van der Waals surface area contributed by atoms with Gasteiger partial charge in [0, 0.05) is 24.4 Å². The first kappa shape index (κ1) is 18.9. The van der Waals surface area contributed by atoms with Crippen LogP contribution in [-0.4, -0.2) is 31.9 Å². The van der Waals surface area contributed by atoms with Gasteiger partial charge in [0.25, 0.3) is 5.91 Å². The zero-order valence-corrected chi connectivity index (χ0v) is 14.8. The second-order valence-electron chi connectivity index (χ2n) is 5.54. The lowest BCUT2D eigenvalue weighted by atomic mass is 10.1. The van der Waals surface area contributed by atoms with Crippen LogP contribution < -0.4 is 10.6 Å². The SMILES string of the molecule is CNC(=O)c1ccc(/C=C/C(=O)Nc2ccc(C(=O)OC)cc2C)cc1. The Balaban J connectivity index is 2.03. The molecule has 0 fully saturated rings. The molecule has 2 N–H and O–H groups in total. The van der Waals surface area contributed by atoms with Crippen LogP contribution in [0.25, 0.3) is 6.08 Å². The van der Waals surface area contributed by atoms with Crippen molar-refractivity contribution in [3.8, 4) is 0 Å². The Labute approximate surface area is 151 Å². The molecule has 6 nitrogen and oxygen atoms in total. The van der Waals surface area contributed by atoms with Gasteiger partial charge in [-0.25, -0.2) is 4.79 Å². The summed E-state index contributed by atoms with van der Waals surface area (Å²) in [6, 6.07) is 11.8. The van der Waals surface area contributed by atoms with Gasteiger partial charge in [-0.3, -0.25) is 9.59 Å². The van der Waals surface area contributed by atoms with Crippen LogP contribution in [0.2, 0.25) is 0 Å². The van der Waals surface area contributed by atoms with Crippen LogP contribution in [0.5, 0.6) is 0 Å². The Morgan fingerprint density at radius 1 is 1.00 bits per heavy atom. The van der Waals surface area contributed by atoms with Crippen molar-refractivity contribution in [1.82, 2.24) is 5.32 Å². The lowest BCUT2D eigenvalue weighted by Crippen LogP contribution is -2.17. The normalized spacial score (nSPS) is 10.4. The Bertz CT molecular complexity index is 855. The largest absolute Gasteiger partial charge is 0.465 e. The third kappa shape index (κ3) is 4.80. The van der Waals surface area contributed by atoms with Crippen LogP contribution in [0.15, 0.2) is 48.5 Å². The maximum absolute atomic E-state index is 12.1. The molecule has 2 rings (SSSR count). The molecule has 2 aromatic carbocycles. The topological polar surface area (TPSA) is 84.5 Å². The van der Waals surface area contributed by atoms with E-state index in [0.717, 1.165) is 11.1 Å². The maximum Gasteiger partial charge on any atom is 0.337 e. The van der Waals surface area contributed by atoms with Crippen molar-refractivity contribution in [3.63, 3.8) is 0 Å². The Hall–Kier alpha value is -3.41. The number of aryl methyl sites for hydroxylation is 1. The van der Waals surface area contributed by atoms with Crippen LogP contribution in [0.4, 0.5) is 5.69 Å². The van der Waals surface area contributed by atoms with Crippen LogP contribution in [-0.2, 0) is 9.53 Å². The van der Waals surface area contributed by atoms with Crippen molar-refractivity contribution in [1.29, 1.82) is 0 Å². The number of methoxy groups -OCH3 is 1. The maximum atomic E-state index is 12.1. The van der Waals surface area contributed by atoms with Gasteiger partial charge in [-0.05, 0) is 54.5 Å². The first-order chi connectivity index (χ1) is 12.4. The highest BCUT2D eigenvalue weighted by Gasteiger charge is 2.08. The fourth-order valence-corrected chi connectivity index (χ4v) is 2.28. The summed E-state index contributed by atoms with van der Waals surface area (Å²) in [5.41, 5.74) is 3.14. The summed E-state index contributed by atoms with van der Waals surface area (Å²) < 4.78 is 4.67. The van der Waals surface area contributed by atoms with E-state index in [1.165, 1.54) is 13.2 Å². The molecule has 0 heterocycles. The highest BCUT2D eigenvalue weighted by Crippen LogP contribution is 2.17. The average Bonchev–Trinajstić information content (AvgIpc) is 2.67. The van der Waals surface area contributed by atoms with Crippen molar-refractivity contribution in [3.05, 3.63) is 70.8 Å². The van der Waals surface area contributed by atoms with E-state index >= 15 is 0 Å². The second-order valence-corrected chi connectivity index (χ2v) is 5.54. The minimum absolute atomic E-state index is 0.163. The molecule has 0 aliphatic rings. The number of anilines is 1. The van der Waals surface area contributed by atoms with Gasteiger partial charge in [0.2, 0.25) is 5.91 Å². The van der Waals surface area contributed by atoms with Gasteiger partial charge < -0.3 is 15.4 Å². The highest BCUT2D eigenvalue weighted by molar-refractivity contribution is 6.03. The summed E-state index contributed by atoms with van der Waals surface area (Å²) in [7, 11) is 2.89. The van der Waals surface area contributed by atoms with Gasteiger partial charge in [-0.15, -0.1) is 0 Å². The monoisotopic (exact) mass is 352 g/mol. The van der Waals surface area contributed by atoms with Crippen molar-refractivity contribution >= 4 is 29.5 Å². The molecule has 2 amide bonds. The van der Waals surface area contributed by atoms with E-state index in [1.54, 1.807) is 62.5 Å². The van der Waals surface area contributed by atoms with Gasteiger partial charge in [-0.1, -0.05) is 12.1 Å². The summed E-state index contributed by atoms with van der Waals surface area (Å²) >= 11 is 0. The lowest BCUT2D eigenvalue weighted by Gasteiger charge is -2.08. The van der Waals surface area contributed by atoms with Gasteiger partial charge in [0.15, 0.2) is 0 Å². The van der Waals surface area contributed by atoms with Gasteiger partial charge in [-0.2, -0.15) is 0 Å². The van der Waals surface area contributed by atoms with E-state index in [2.05, 4.69) is 15.4 Å². The van der Waals surface area contributed by atoms with Gasteiger partial charge in [0.05, 0.1) is 12.7 Å². The zero-order valence-electron chi connectivity index (χ0n) is 14.8.